The first-order valence-corrected chi connectivity index (χ1v) is 7.83. The van der Waals surface area contributed by atoms with Crippen molar-refractivity contribution in [3.8, 4) is 0 Å². The second-order valence-corrected chi connectivity index (χ2v) is 6.76. The highest BCUT2D eigenvalue weighted by molar-refractivity contribution is 9.10. The third kappa shape index (κ3) is 3.91. The molecule has 1 aromatic heterocycles. The van der Waals surface area contributed by atoms with Gasteiger partial charge in [-0.05, 0) is 57.9 Å². The normalized spacial score (nSPS) is 12.6. The molecule has 2 N–H and O–H groups in total. The van der Waals surface area contributed by atoms with E-state index in [1.54, 1.807) is 11.3 Å². The number of rotatable bonds is 4. The van der Waals surface area contributed by atoms with Crippen molar-refractivity contribution in [3.63, 3.8) is 0 Å². The standard InChI is InChI=1S/C13H13Br2NS/c14-10-3-1-9(2-4-10)7-11(16)8-13-12(15)5-6-17-13/h1-6,11H,7-8,16H2. The van der Waals surface area contributed by atoms with Gasteiger partial charge in [0.15, 0.2) is 0 Å². The third-order valence-electron chi connectivity index (χ3n) is 2.55. The number of thiophene rings is 1. The summed E-state index contributed by atoms with van der Waals surface area (Å²) in [5.41, 5.74) is 7.46. The van der Waals surface area contributed by atoms with Gasteiger partial charge in [-0.15, -0.1) is 11.3 Å². The smallest absolute Gasteiger partial charge is 0.0314 e. The summed E-state index contributed by atoms with van der Waals surface area (Å²) in [6.07, 6.45) is 1.84. The predicted molar refractivity (Wildman–Crippen MR) is 81.5 cm³/mol. The van der Waals surface area contributed by atoms with Gasteiger partial charge in [0.25, 0.3) is 0 Å². The van der Waals surface area contributed by atoms with E-state index in [2.05, 4.69) is 67.6 Å². The maximum absolute atomic E-state index is 6.18. The molecule has 1 aromatic carbocycles. The Hall–Kier alpha value is -0.160. The Kier molecular flexibility index (Phi) is 4.79. The Bertz CT molecular complexity index is 478. The van der Waals surface area contributed by atoms with Crippen LogP contribution in [-0.2, 0) is 12.8 Å². The van der Waals surface area contributed by atoms with Crippen LogP contribution in [-0.4, -0.2) is 6.04 Å². The molecular weight excluding hydrogens is 362 g/mol. The molecule has 0 saturated carbocycles. The topological polar surface area (TPSA) is 26.0 Å². The molecule has 0 saturated heterocycles. The Morgan fingerprint density at radius 3 is 2.35 bits per heavy atom. The molecule has 1 heterocycles. The van der Waals surface area contributed by atoms with Crippen LogP contribution in [0.3, 0.4) is 0 Å². The van der Waals surface area contributed by atoms with Gasteiger partial charge in [0.2, 0.25) is 0 Å². The van der Waals surface area contributed by atoms with Crippen LogP contribution in [0.25, 0.3) is 0 Å². The molecule has 0 bridgehead atoms. The molecule has 0 amide bonds. The van der Waals surface area contributed by atoms with E-state index < -0.39 is 0 Å². The summed E-state index contributed by atoms with van der Waals surface area (Å²) in [6.45, 7) is 0. The van der Waals surface area contributed by atoms with Crippen molar-refractivity contribution < 1.29 is 0 Å². The van der Waals surface area contributed by atoms with Crippen molar-refractivity contribution in [2.45, 2.75) is 18.9 Å². The maximum Gasteiger partial charge on any atom is 0.0314 e. The molecule has 0 fully saturated rings. The Balaban J connectivity index is 1.95. The van der Waals surface area contributed by atoms with E-state index in [1.807, 2.05) is 0 Å². The first-order valence-electron chi connectivity index (χ1n) is 5.37. The zero-order valence-electron chi connectivity index (χ0n) is 9.20. The molecule has 2 aromatic rings. The first-order chi connectivity index (χ1) is 8.15. The van der Waals surface area contributed by atoms with Crippen molar-refractivity contribution in [1.29, 1.82) is 0 Å². The fourth-order valence-electron chi connectivity index (χ4n) is 1.70. The predicted octanol–water partition coefficient (Wildman–Crippen LogP) is 4.39. The van der Waals surface area contributed by atoms with Crippen LogP contribution in [0.2, 0.25) is 0 Å². The van der Waals surface area contributed by atoms with E-state index in [4.69, 9.17) is 5.73 Å². The molecule has 0 aliphatic carbocycles. The molecule has 1 atom stereocenters. The lowest BCUT2D eigenvalue weighted by Gasteiger charge is -2.11. The summed E-state index contributed by atoms with van der Waals surface area (Å²) in [4.78, 5) is 1.33. The largest absolute Gasteiger partial charge is 0.327 e. The van der Waals surface area contributed by atoms with Gasteiger partial charge in [-0.1, -0.05) is 28.1 Å². The van der Waals surface area contributed by atoms with Crippen molar-refractivity contribution in [3.05, 3.63) is 55.1 Å². The number of nitrogens with two attached hydrogens (primary N) is 1. The maximum atomic E-state index is 6.18. The van der Waals surface area contributed by atoms with E-state index in [0.717, 1.165) is 17.3 Å². The summed E-state index contributed by atoms with van der Waals surface area (Å²) in [5, 5.41) is 2.09. The highest BCUT2D eigenvalue weighted by atomic mass is 79.9. The lowest BCUT2D eigenvalue weighted by atomic mass is 10.0. The molecule has 17 heavy (non-hydrogen) atoms. The summed E-state index contributed by atoms with van der Waals surface area (Å²) in [7, 11) is 0. The Morgan fingerprint density at radius 2 is 1.76 bits per heavy atom. The molecule has 1 unspecified atom stereocenters. The van der Waals surface area contributed by atoms with Gasteiger partial charge in [-0.2, -0.15) is 0 Å². The van der Waals surface area contributed by atoms with Gasteiger partial charge in [-0.25, -0.2) is 0 Å². The molecular formula is C13H13Br2NS. The zero-order valence-corrected chi connectivity index (χ0v) is 13.2. The van der Waals surface area contributed by atoms with Gasteiger partial charge < -0.3 is 5.73 Å². The minimum absolute atomic E-state index is 0.172. The van der Waals surface area contributed by atoms with E-state index in [-0.39, 0.29) is 6.04 Å². The van der Waals surface area contributed by atoms with Crippen LogP contribution in [0, 0.1) is 0 Å². The summed E-state index contributed by atoms with van der Waals surface area (Å²) >= 11 is 8.73. The minimum Gasteiger partial charge on any atom is -0.327 e. The van der Waals surface area contributed by atoms with Crippen LogP contribution >= 0.6 is 43.2 Å². The van der Waals surface area contributed by atoms with Gasteiger partial charge in [-0.3, -0.25) is 0 Å². The number of hydrogen-bond acceptors (Lipinski definition) is 2. The van der Waals surface area contributed by atoms with E-state index in [9.17, 15) is 0 Å². The lowest BCUT2D eigenvalue weighted by Crippen LogP contribution is -2.25. The van der Waals surface area contributed by atoms with Crippen molar-refractivity contribution in [2.75, 3.05) is 0 Å². The molecule has 0 aliphatic heterocycles. The zero-order chi connectivity index (χ0) is 12.3. The van der Waals surface area contributed by atoms with Crippen LogP contribution in [0.1, 0.15) is 10.4 Å². The molecule has 0 aliphatic rings. The monoisotopic (exact) mass is 373 g/mol. The Labute approximate surface area is 122 Å². The molecule has 0 radical (unpaired) electrons. The summed E-state index contributed by atoms with van der Waals surface area (Å²) < 4.78 is 2.28. The molecule has 90 valence electrons. The van der Waals surface area contributed by atoms with Crippen LogP contribution < -0.4 is 5.73 Å². The quantitative estimate of drug-likeness (QED) is 0.843. The number of benzene rings is 1. The minimum atomic E-state index is 0.172. The number of hydrogen-bond donors (Lipinski definition) is 1. The van der Waals surface area contributed by atoms with E-state index in [1.165, 1.54) is 14.9 Å². The van der Waals surface area contributed by atoms with Crippen molar-refractivity contribution in [2.24, 2.45) is 5.73 Å². The fraction of sp³-hybridized carbons (Fsp3) is 0.231. The summed E-state index contributed by atoms with van der Waals surface area (Å²) in [5.74, 6) is 0. The fourth-order valence-corrected chi connectivity index (χ4v) is 3.58. The Morgan fingerprint density at radius 1 is 1.06 bits per heavy atom. The molecule has 0 spiro atoms. The van der Waals surface area contributed by atoms with Crippen LogP contribution in [0.4, 0.5) is 0 Å². The molecule has 4 heteroatoms. The van der Waals surface area contributed by atoms with Crippen LogP contribution in [0.5, 0.6) is 0 Å². The second-order valence-electron chi connectivity index (χ2n) is 3.99. The molecule has 2 rings (SSSR count). The average Bonchev–Trinajstić information content (AvgIpc) is 2.68. The van der Waals surface area contributed by atoms with Gasteiger partial charge in [0.1, 0.15) is 0 Å². The second kappa shape index (κ2) is 6.14. The van der Waals surface area contributed by atoms with E-state index >= 15 is 0 Å². The SMILES string of the molecule is NC(Cc1ccc(Br)cc1)Cc1sccc1Br. The highest BCUT2D eigenvalue weighted by Gasteiger charge is 2.09. The van der Waals surface area contributed by atoms with E-state index in [0.29, 0.717) is 0 Å². The van der Waals surface area contributed by atoms with Gasteiger partial charge >= 0.3 is 0 Å². The first kappa shape index (κ1) is 13.3. The van der Waals surface area contributed by atoms with Crippen LogP contribution in [0.15, 0.2) is 44.7 Å². The number of halogens is 2. The summed E-state index contributed by atoms with van der Waals surface area (Å²) in [6, 6.07) is 10.6. The van der Waals surface area contributed by atoms with Crippen molar-refractivity contribution >= 4 is 43.2 Å². The highest BCUT2D eigenvalue weighted by Crippen LogP contribution is 2.24. The average molecular weight is 375 g/mol. The molecule has 1 nitrogen and oxygen atoms in total. The van der Waals surface area contributed by atoms with Crippen molar-refractivity contribution in [1.82, 2.24) is 0 Å². The van der Waals surface area contributed by atoms with Gasteiger partial charge in [0.05, 0.1) is 0 Å². The lowest BCUT2D eigenvalue weighted by molar-refractivity contribution is 0.669. The third-order valence-corrected chi connectivity index (χ3v) is 5.03. The van der Waals surface area contributed by atoms with Gasteiger partial charge in [0, 0.05) is 19.9 Å².